The first kappa shape index (κ1) is 12.4. The molecule has 1 saturated heterocycles. The maximum absolute atomic E-state index is 11.7. The largest absolute Gasteiger partial charge is 0.494 e. The average molecular weight is 248 g/mol. The van der Waals surface area contributed by atoms with Gasteiger partial charge in [-0.1, -0.05) is 0 Å². The summed E-state index contributed by atoms with van der Waals surface area (Å²) < 4.78 is 5.33. The van der Waals surface area contributed by atoms with Gasteiger partial charge in [0.2, 0.25) is 5.91 Å². The number of ether oxygens (including phenoxy) is 1. The average Bonchev–Trinajstić information content (AvgIpc) is 2.60. The lowest BCUT2D eigenvalue weighted by molar-refractivity contribution is -0.136. The molecule has 0 aromatic heterocycles. The number of likely N-dealkylation sites (tertiary alicyclic amines) is 1. The van der Waals surface area contributed by atoms with Crippen molar-refractivity contribution in [2.75, 3.05) is 19.0 Å². The number of amides is 2. The van der Waals surface area contributed by atoms with E-state index in [1.165, 1.54) is 7.05 Å². The molecular weight excluding hydrogens is 232 g/mol. The Kier molecular flexibility index (Phi) is 3.50. The van der Waals surface area contributed by atoms with Crippen molar-refractivity contribution in [1.82, 2.24) is 4.90 Å². The van der Waals surface area contributed by atoms with E-state index in [1.807, 2.05) is 31.2 Å². The summed E-state index contributed by atoms with van der Waals surface area (Å²) in [5, 5.41) is 3.05. The Morgan fingerprint density at radius 3 is 2.50 bits per heavy atom. The van der Waals surface area contributed by atoms with E-state index in [4.69, 9.17) is 4.74 Å². The summed E-state index contributed by atoms with van der Waals surface area (Å²) in [6.07, 6.45) is 0.211. The molecule has 1 aliphatic rings. The van der Waals surface area contributed by atoms with Crippen molar-refractivity contribution in [2.45, 2.75) is 19.4 Å². The smallest absolute Gasteiger partial charge is 0.251 e. The van der Waals surface area contributed by atoms with Crippen LogP contribution >= 0.6 is 0 Å². The summed E-state index contributed by atoms with van der Waals surface area (Å²) in [6.45, 7) is 2.54. The zero-order valence-electron chi connectivity index (χ0n) is 10.5. The van der Waals surface area contributed by atoms with E-state index in [0.29, 0.717) is 6.61 Å². The molecule has 2 amide bonds. The molecule has 0 unspecified atom stereocenters. The highest BCUT2D eigenvalue weighted by Gasteiger charge is 2.35. The van der Waals surface area contributed by atoms with E-state index in [1.54, 1.807) is 0 Å². The van der Waals surface area contributed by atoms with Gasteiger partial charge in [0.25, 0.3) is 5.91 Å². The summed E-state index contributed by atoms with van der Waals surface area (Å²) in [4.78, 5) is 24.2. The number of imide groups is 1. The number of benzene rings is 1. The van der Waals surface area contributed by atoms with Crippen LogP contribution in [-0.2, 0) is 9.59 Å². The number of carbonyl (C=O) groups excluding carboxylic acids is 2. The molecule has 1 heterocycles. The Bertz CT molecular complexity index is 456. The first-order valence-corrected chi connectivity index (χ1v) is 5.91. The first-order valence-electron chi connectivity index (χ1n) is 5.91. The van der Waals surface area contributed by atoms with Crippen molar-refractivity contribution < 1.29 is 14.3 Å². The zero-order valence-corrected chi connectivity index (χ0v) is 10.5. The molecule has 1 N–H and O–H groups in total. The molecule has 96 valence electrons. The van der Waals surface area contributed by atoms with Crippen molar-refractivity contribution in [2.24, 2.45) is 0 Å². The van der Waals surface area contributed by atoms with E-state index in [-0.39, 0.29) is 18.2 Å². The molecule has 1 aliphatic heterocycles. The summed E-state index contributed by atoms with van der Waals surface area (Å²) in [5.74, 6) is 0.450. The summed E-state index contributed by atoms with van der Waals surface area (Å²) in [6, 6.07) is 6.87. The molecule has 0 saturated carbocycles. The SMILES string of the molecule is CCOc1ccc(N[C@H]2CC(=O)N(C)C2=O)cc1. The van der Waals surface area contributed by atoms with Gasteiger partial charge in [0.15, 0.2) is 0 Å². The molecule has 0 bridgehead atoms. The van der Waals surface area contributed by atoms with Gasteiger partial charge in [0.05, 0.1) is 13.0 Å². The molecule has 5 nitrogen and oxygen atoms in total. The van der Waals surface area contributed by atoms with Crippen molar-refractivity contribution in [3.05, 3.63) is 24.3 Å². The number of hydrogen-bond acceptors (Lipinski definition) is 4. The van der Waals surface area contributed by atoms with Crippen LogP contribution in [0.15, 0.2) is 24.3 Å². The zero-order chi connectivity index (χ0) is 13.1. The maximum atomic E-state index is 11.7. The Morgan fingerprint density at radius 2 is 2.00 bits per heavy atom. The van der Waals surface area contributed by atoms with Gasteiger partial charge in [-0.15, -0.1) is 0 Å². The molecule has 2 rings (SSSR count). The highest BCUT2D eigenvalue weighted by molar-refractivity contribution is 6.06. The molecule has 1 aromatic rings. The summed E-state index contributed by atoms with van der Waals surface area (Å²) in [5.41, 5.74) is 0.805. The highest BCUT2D eigenvalue weighted by atomic mass is 16.5. The van der Waals surface area contributed by atoms with Gasteiger partial charge in [0.1, 0.15) is 11.8 Å². The van der Waals surface area contributed by atoms with Crippen LogP contribution in [0.25, 0.3) is 0 Å². The third-order valence-electron chi connectivity index (χ3n) is 2.89. The summed E-state index contributed by atoms with van der Waals surface area (Å²) in [7, 11) is 1.50. The minimum atomic E-state index is -0.458. The first-order chi connectivity index (χ1) is 8.61. The lowest BCUT2D eigenvalue weighted by atomic mass is 10.2. The van der Waals surface area contributed by atoms with Crippen LogP contribution in [-0.4, -0.2) is 36.4 Å². The van der Waals surface area contributed by atoms with Gasteiger partial charge in [-0.05, 0) is 31.2 Å². The van der Waals surface area contributed by atoms with Crippen LogP contribution in [0.5, 0.6) is 5.75 Å². The van der Waals surface area contributed by atoms with Crippen LogP contribution in [0.4, 0.5) is 5.69 Å². The van der Waals surface area contributed by atoms with Gasteiger partial charge in [0, 0.05) is 12.7 Å². The van der Waals surface area contributed by atoms with Gasteiger partial charge in [-0.2, -0.15) is 0 Å². The van der Waals surface area contributed by atoms with Crippen LogP contribution in [0.1, 0.15) is 13.3 Å². The number of anilines is 1. The minimum absolute atomic E-state index is 0.150. The third kappa shape index (κ3) is 2.45. The Balaban J connectivity index is 2.02. The second kappa shape index (κ2) is 5.08. The molecule has 1 atom stereocenters. The fourth-order valence-electron chi connectivity index (χ4n) is 1.88. The Morgan fingerprint density at radius 1 is 1.33 bits per heavy atom. The van der Waals surface area contributed by atoms with Crippen molar-refractivity contribution in [1.29, 1.82) is 0 Å². The van der Waals surface area contributed by atoms with Crippen molar-refractivity contribution >= 4 is 17.5 Å². The standard InChI is InChI=1S/C13H16N2O3/c1-3-18-10-6-4-9(5-7-10)14-11-8-12(16)15(2)13(11)17/h4-7,11,14H,3,8H2,1-2H3/t11-/m0/s1. The van der Waals surface area contributed by atoms with Gasteiger partial charge in [-0.25, -0.2) is 0 Å². The second-order valence-electron chi connectivity index (χ2n) is 4.15. The maximum Gasteiger partial charge on any atom is 0.251 e. The number of rotatable bonds is 4. The summed E-state index contributed by atoms with van der Waals surface area (Å²) >= 11 is 0. The molecule has 1 aromatic carbocycles. The number of nitrogens with zero attached hydrogens (tertiary/aromatic N) is 1. The third-order valence-corrected chi connectivity index (χ3v) is 2.89. The molecule has 5 heteroatoms. The van der Waals surface area contributed by atoms with E-state index >= 15 is 0 Å². The predicted octanol–water partition coefficient (Wildman–Crippen LogP) is 1.25. The normalized spacial score (nSPS) is 19.2. The predicted molar refractivity (Wildman–Crippen MR) is 67.4 cm³/mol. The molecule has 1 fully saturated rings. The lowest BCUT2D eigenvalue weighted by Crippen LogP contribution is -2.31. The Labute approximate surface area is 106 Å². The van der Waals surface area contributed by atoms with Gasteiger partial charge >= 0.3 is 0 Å². The number of likely N-dealkylation sites (N-methyl/N-ethyl adjacent to an activating group) is 1. The topological polar surface area (TPSA) is 58.6 Å². The molecular formula is C13H16N2O3. The number of carbonyl (C=O) groups is 2. The lowest BCUT2D eigenvalue weighted by Gasteiger charge is -2.12. The molecule has 0 spiro atoms. The van der Waals surface area contributed by atoms with E-state index in [0.717, 1.165) is 16.3 Å². The molecule has 0 radical (unpaired) electrons. The molecule has 18 heavy (non-hydrogen) atoms. The van der Waals surface area contributed by atoms with Crippen LogP contribution in [0, 0.1) is 0 Å². The quantitative estimate of drug-likeness (QED) is 0.815. The van der Waals surface area contributed by atoms with Crippen LogP contribution in [0.3, 0.4) is 0 Å². The second-order valence-corrected chi connectivity index (χ2v) is 4.15. The van der Waals surface area contributed by atoms with Crippen molar-refractivity contribution in [3.8, 4) is 5.75 Å². The minimum Gasteiger partial charge on any atom is -0.494 e. The van der Waals surface area contributed by atoms with Gasteiger partial charge < -0.3 is 10.1 Å². The molecule has 0 aliphatic carbocycles. The van der Waals surface area contributed by atoms with E-state index in [9.17, 15) is 9.59 Å². The van der Waals surface area contributed by atoms with E-state index in [2.05, 4.69) is 5.32 Å². The van der Waals surface area contributed by atoms with Gasteiger partial charge in [-0.3, -0.25) is 14.5 Å². The monoisotopic (exact) mass is 248 g/mol. The fraction of sp³-hybridized carbons (Fsp3) is 0.385. The van der Waals surface area contributed by atoms with Crippen molar-refractivity contribution in [3.63, 3.8) is 0 Å². The van der Waals surface area contributed by atoms with Crippen LogP contribution in [0.2, 0.25) is 0 Å². The number of hydrogen-bond donors (Lipinski definition) is 1. The fourth-order valence-corrected chi connectivity index (χ4v) is 1.88. The number of nitrogens with one attached hydrogen (secondary N) is 1. The Hall–Kier alpha value is -2.04. The highest BCUT2D eigenvalue weighted by Crippen LogP contribution is 2.20. The van der Waals surface area contributed by atoms with E-state index < -0.39 is 6.04 Å². The van der Waals surface area contributed by atoms with Crippen LogP contribution < -0.4 is 10.1 Å².